The number of nitrogens with one attached hydrogen (secondary N) is 1. The fourth-order valence-electron chi connectivity index (χ4n) is 1.98. The highest BCUT2D eigenvalue weighted by Gasteiger charge is 2.11. The number of aryl methyl sites for hydroxylation is 1. The first-order valence-electron chi connectivity index (χ1n) is 7.12. The summed E-state index contributed by atoms with van der Waals surface area (Å²) in [6, 6.07) is 4.31. The van der Waals surface area contributed by atoms with E-state index in [1.165, 1.54) is 5.56 Å². The Labute approximate surface area is 118 Å². The summed E-state index contributed by atoms with van der Waals surface area (Å²) >= 11 is 0. The van der Waals surface area contributed by atoms with E-state index in [9.17, 15) is 0 Å². The molecule has 1 heterocycles. The molecule has 0 aliphatic heterocycles. The average Bonchev–Trinajstić information content (AvgIpc) is 2.25. The Morgan fingerprint density at radius 3 is 2.37 bits per heavy atom. The van der Waals surface area contributed by atoms with E-state index in [-0.39, 0.29) is 5.54 Å². The van der Waals surface area contributed by atoms with Gasteiger partial charge in [-0.25, -0.2) is 4.98 Å². The number of nitrogens with zero attached hydrogens (tertiary/aromatic N) is 2. The van der Waals surface area contributed by atoms with Gasteiger partial charge >= 0.3 is 0 Å². The number of rotatable bonds is 5. The van der Waals surface area contributed by atoms with Crippen molar-refractivity contribution in [3.63, 3.8) is 0 Å². The van der Waals surface area contributed by atoms with E-state index in [1.807, 2.05) is 0 Å². The Morgan fingerprint density at radius 1 is 1.26 bits per heavy atom. The van der Waals surface area contributed by atoms with Crippen LogP contribution in [0.15, 0.2) is 12.1 Å². The van der Waals surface area contributed by atoms with E-state index < -0.39 is 0 Å². The second-order valence-electron chi connectivity index (χ2n) is 6.79. The molecule has 1 N–H and O–H groups in total. The van der Waals surface area contributed by atoms with Crippen LogP contribution in [0.1, 0.15) is 45.9 Å². The van der Waals surface area contributed by atoms with Crippen LogP contribution in [0, 0.1) is 12.8 Å². The Balaban J connectivity index is 2.74. The maximum Gasteiger partial charge on any atom is 0.128 e. The van der Waals surface area contributed by atoms with Gasteiger partial charge < -0.3 is 10.2 Å². The lowest BCUT2D eigenvalue weighted by atomic mass is 10.1. The van der Waals surface area contributed by atoms with E-state index in [0.29, 0.717) is 5.92 Å². The van der Waals surface area contributed by atoms with Crippen LogP contribution in [0.4, 0.5) is 5.82 Å². The van der Waals surface area contributed by atoms with Crippen molar-refractivity contribution >= 4 is 5.82 Å². The van der Waals surface area contributed by atoms with Crippen molar-refractivity contribution in [1.82, 2.24) is 10.3 Å². The topological polar surface area (TPSA) is 28.2 Å². The second kappa shape index (κ2) is 6.38. The number of anilines is 1. The quantitative estimate of drug-likeness (QED) is 0.883. The van der Waals surface area contributed by atoms with Gasteiger partial charge in [-0.1, -0.05) is 19.9 Å². The molecule has 3 nitrogen and oxygen atoms in total. The number of pyridine rings is 1. The second-order valence-corrected chi connectivity index (χ2v) is 6.79. The van der Waals surface area contributed by atoms with Crippen molar-refractivity contribution in [2.45, 2.75) is 53.6 Å². The molecule has 0 bridgehead atoms. The van der Waals surface area contributed by atoms with Gasteiger partial charge in [0.2, 0.25) is 0 Å². The van der Waals surface area contributed by atoms with Crippen LogP contribution in [0.5, 0.6) is 0 Å². The highest BCUT2D eigenvalue weighted by molar-refractivity contribution is 5.40. The van der Waals surface area contributed by atoms with Crippen LogP contribution in [-0.4, -0.2) is 24.1 Å². The standard InChI is InChI=1S/C16H29N3/c1-12(2)11-19(7)15-9-8-14(13(3)18-15)10-17-16(4,5)6/h8-9,12,17H,10-11H2,1-7H3. The minimum Gasteiger partial charge on any atom is -0.359 e. The lowest BCUT2D eigenvalue weighted by Gasteiger charge is -2.23. The minimum atomic E-state index is 0.138. The maximum absolute atomic E-state index is 4.71. The molecular weight excluding hydrogens is 234 g/mol. The van der Waals surface area contributed by atoms with Crippen molar-refractivity contribution in [2.24, 2.45) is 5.92 Å². The summed E-state index contributed by atoms with van der Waals surface area (Å²) in [6.07, 6.45) is 0. The molecule has 0 aromatic carbocycles. The van der Waals surface area contributed by atoms with Gasteiger partial charge in [-0.05, 0) is 45.2 Å². The van der Waals surface area contributed by atoms with Crippen LogP contribution in [0.2, 0.25) is 0 Å². The lowest BCUT2D eigenvalue weighted by molar-refractivity contribution is 0.423. The van der Waals surface area contributed by atoms with E-state index in [2.05, 4.69) is 70.9 Å². The van der Waals surface area contributed by atoms with Gasteiger partial charge in [0.1, 0.15) is 5.82 Å². The largest absolute Gasteiger partial charge is 0.359 e. The molecule has 0 fully saturated rings. The zero-order valence-electron chi connectivity index (χ0n) is 13.5. The summed E-state index contributed by atoms with van der Waals surface area (Å²) in [7, 11) is 2.11. The molecule has 1 aromatic rings. The fourth-order valence-corrected chi connectivity index (χ4v) is 1.98. The summed E-state index contributed by atoms with van der Waals surface area (Å²) in [5.74, 6) is 1.71. The maximum atomic E-state index is 4.71. The SMILES string of the molecule is Cc1nc(N(C)CC(C)C)ccc1CNC(C)(C)C. The summed E-state index contributed by atoms with van der Waals surface area (Å²) in [4.78, 5) is 6.93. The third kappa shape index (κ3) is 5.60. The Bertz CT molecular complexity index is 405. The first-order valence-corrected chi connectivity index (χ1v) is 7.12. The molecule has 0 radical (unpaired) electrons. The van der Waals surface area contributed by atoms with Gasteiger partial charge in [-0.3, -0.25) is 0 Å². The molecule has 0 spiro atoms. The molecule has 19 heavy (non-hydrogen) atoms. The predicted octanol–water partition coefficient (Wildman–Crippen LogP) is 3.37. The van der Waals surface area contributed by atoms with Crippen LogP contribution in [0.25, 0.3) is 0 Å². The molecule has 0 atom stereocenters. The normalized spacial score (nSPS) is 12.0. The molecule has 3 heteroatoms. The van der Waals surface area contributed by atoms with Gasteiger partial charge in [-0.15, -0.1) is 0 Å². The summed E-state index contributed by atoms with van der Waals surface area (Å²) in [5, 5.41) is 3.51. The van der Waals surface area contributed by atoms with E-state index >= 15 is 0 Å². The number of hydrogen-bond donors (Lipinski definition) is 1. The molecule has 1 rings (SSSR count). The zero-order chi connectivity index (χ0) is 14.6. The Hall–Kier alpha value is -1.09. The van der Waals surface area contributed by atoms with Crippen molar-refractivity contribution in [3.05, 3.63) is 23.4 Å². The van der Waals surface area contributed by atoms with Crippen molar-refractivity contribution in [3.8, 4) is 0 Å². The highest BCUT2D eigenvalue weighted by Crippen LogP contribution is 2.15. The van der Waals surface area contributed by atoms with Crippen LogP contribution >= 0.6 is 0 Å². The first-order chi connectivity index (χ1) is 8.69. The van der Waals surface area contributed by atoms with Crippen molar-refractivity contribution < 1.29 is 0 Å². The molecule has 0 saturated heterocycles. The molecule has 0 aliphatic carbocycles. The molecule has 0 amide bonds. The van der Waals surface area contributed by atoms with Crippen LogP contribution in [0.3, 0.4) is 0 Å². The average molecular weight is 263 g/mol. The van der Waals surface area contributed by atoms with Gasteiger partial charge in [-0.2, -0.15) is 0 Å². The lowest BCUT2D eigenvalue weighted by Crippen LogP contribution is -2.35. The summed E-state index contributed by atoms with van der Waals surface area (Å²) in [6.45, 7) is 15.0. The Kier molecular flexibility index (Phi) is 5.36. The van der Waals surface area contributed by atoms with Gasteiger partial charge in [0, 0.05) is 31.4 Å². The van der Waals surface area contributed by atoms with Crippen LogP contribution in [-0.2, 0) is 6.54 Å². The van der Waals surface area contributed by atoms with Gasteiger partial charge in [0.05, 0.1) is 0 Å². The molecule has 108 valence electrons. The highest BCUT2D eigenvalue weighted by atomic mass is 15.2. The Morgan fingerprint density at radius 2 is 1.89 bits per heavy atom. The predicted molar refractivity (Wildman–Crippen MR) is 83.7 cm³/mol. The molecular formula is C16H29N3. The molecule has 0 unspecified atom stereocenters. The fraction of sp³-hybridized carbons (Fsp3) is 0.688. The van der Waals surface area contributed by atoms with E-state index in [0.717, 1.165) is 24.6 Å². The third-order valence-corrected chi connectivity index (χ3v) is 3.02. The summed E-state index contributed by atoms with van der Waals surface area (Å²) < 4.78 is 0. The molecule has 0 aliphatic rings. The van der Waals surface area contributed by atoms with Gasteiger partial charge in [0.15, 0.2) is 0 Å². The third-order valence-electron chi connectivity index (χ3n) is 3.02. The number of aromatic nitrogens is 1. The minimum absolute atomic E-state index is 0.138. The number of hydrogen-bond acceptors (Lipinski definition) is 3. The van der Waals surface area contributed by atoms with E-state index in [1.54, 1.807) is 0 Å². The van der Waals surface area contributed by atoms with Crippen molar-refractivity contribution in [1.29, 1.82) is 0 Å². The van der Waals surface area contributed by atoms with E-state index in [4.69, 9.17) is 4.98 Å². The van der Waals surface area contributed by atoms with Crippen LogP contribution < -0.4 is 10.2 Å². The van der Waals surface area contributed by atoms with Gasteiger partial charge in [0.25, 0.3) is 0 Å². The zero-order valence-corrected chi connectivity index (χ0v) is 13.5. The molecule has 0 saturated carbocycles. The smallest absolute Gasteiger partial charge is 0.128 e. The molecule has 1 aromatic heterocycles. The summed E-state index contributed by atoms with van der Waals surface area (Å²) in [5.41, 5.74) is 2.53. The first kappa shape index (κ1) is 16.0. The van der Waals surface area contributed by atoms with Crippen molar-refractivity contribution in [2.75, 3.05) is 18.5 Å². The monoisotopic (exact) mass is 263 g/mol.